The average molecular weight is 414 g/mol. The van der Waals surface area contributed by atoms with Gasteiger partial charge in [0.1, 0.15) is 5.54 Å². The summed E-state index contributed by atoms with van der Waals surface area (Å²) in [5, 5.41) is 7.35. The van der Waals surface area contributed by atoms with Gasteiger partial charge in [-0.25, -0.2) is 0 Å². The number of thiocarbonyl (C=S) groups is 2. The molecule has 2 heterocycles. The van der Waals surface area contributed by atoms with Crippen molar-refractivity contribution in [2.75, 3.05) is 19.6 Å². The molecule has 0 spiro atoms. The molecule has 4 N–H and O–H groups in total. The lowest BCUT2D eigenvalue weighted by molar-refractivity contribution is -0.128. The van der Waals surface area contributed by atoms with E-state index in [0.717, 1.165) is 38.9 Å². The Hall–Kier alpha value is -0.990. The van der Waals surface area contributed by atoms with E-state index < -0.39 is 5.54 Å². The summed E-state index contributed by atoms with van der Waals surface area (Å²) in [5.41, 5.74) is 5.10. The first kappa shape index (κ1) is 22.3. The van der Waals surface area contributed by atoms with Gasteiger partial charge >= 0.3 is 0 Å². The smallest absolute Gasteiger partial charge is 0.251 e. The number of unbranched alkanes of at least 4 members (excludes halogenated alkanes) is 3. The fourth-order valence-electron chi connectivity index (χ4n) is 4.72. The highest BCUT2D eigenvalue weighted by molar-refractivity contribution is 7.80. The van der Waals surface area contributed by atoms with Gasteiger partial charge in [-0.15, -0.1) is 0 Å². The molecule has 2 aliphatic rings. The Morgan fingerprint density at radius 3 is 2.56 bits per heavy atom. The Morgan fingerprint density at radius 1 is 1.33 bits per heavy atom. The zero-order valence-corrected chi connectivity index (χ0v) is 18.8. The van der Waals surface area contributed by atoms with Crippen molar-refractivity contribution < 1.29 is 4.79 Å². The number of piperazine rings is 1. The maximum Gasteiger partial charge on any atom is 0.251 e. The normalized spacial score (nSPS) is 24.7. The minimum absolute atomic E-state index is 0.0375. The van der Waals surface area contributed by atoms with Crippen LogP contribution in [-0.2, 0) is 4.79 Å². The maximum atomic E-state index is 12.6. The van der Waals surface area contributed by atoms with E-state index in [2.05, 4.69) is 34.3 Å². The van der Waals surface area contributed by atoms with E-state index in [0.29, 0.717) is 10.2 Å². The quantitative estimate of drug-likeness (QED) is 0.416. The monoisotopic (exact) mass is 413 g/mol. The van der Waals surface area contributed by atoms with Crippen molar-refractivity contribution in [3.63, 3.8) is 0 Å². The highest BCUT2D eigenvalue weighted by Crippen LogP contribution is 2.41. The van der Waals surface area contributed by atoms with E-state index in [-0.39, 0.29) is 17.5 Å². The lowest BCUT2D eigenvalue weighted by Crippen LogP contribution is -2.72. The predicted molar refractivity (Wildman–Crippen MR) is 119 cm³/mol. The lowest BCUT2D eigenvalue weighted by atomic mass is 9.76. The molecule has 0 bridgehead atoms. The predicted octanol–water partition coefficient (Wildman–Crippen LogP) is 2.12. The first-order valence-electron chi connectivity index (χ1n) is 10.1. The van der Waals surface area contributed by atoms with Crippen LogP contribution in [-0.4, -0.2) is 62.7 Å². The molecule has 2 atom stereocenters. The topological polar surface area (TPSA) is 73.6 Å². The Bertz CT molecular complexity index is 582. The van der Waals surface area contributed by atoms with Crippen LogP contribution in [0.1, 0.15) is 66.2 Å². The summed E-state index contributed by atoms with van der Waals surface area (Å²) < 4.78 is 0. The van der Waals surface area contributed by atoms with Crippen molar-refractivity contribution in [2.24, 2.45) is 5.73 Å². The van der Waals surface area contributed by atoms with Gasteiger partial charge in [-0.1, -0.05) is 39.5 Å². The second-order valence-electron chi connectivity index (χ2n) is 8.17. The Balaban J connectivity index is 2.47. The molecule has 1 amide bonds. The molecule has 6 nitrogen and oxygen atoms in total. The average Bonchev–Trinajstić information content (AvgIpc) is 2.84. The first-order valence-corrected chi connectivity index (χ1v) is 11.0. The van der Waals surface area contributed by atoms with Crippen LogP contribution >= 0.6 is 24.4 Å². The number of hydrogen-bond acceptors (Lipinski definition) is 4. The van der Waals surface area contributed by atoms with Gasteiger partial charge < -0.3 is 26.2 Å². The van der Waals surface area contributed by atoms with E-state index in [1.165, 1.54) is 19.3 Å². The van der Waals surface area contributed by atoms with Gasteiger partial charge in [-0.2, -0.15) is 0 Å². The van der Waals surface area contributed by atoms with E-state index in [1.807, 2.05) is 13.8 Å². The molecule has 2 saturated heterocycles. The minimum Gasteiger partial charge on any atom is -0.376 e. The molecule has 154 valence electrons. The molecule has 2 unspecified atom stereocenters. The molecule has 0 aromatic heterocycles. The van der Waals surface area contributed by atoms with Gasteiger partial charge in [0.05, 0.1) is 11.6 Å². The zero-order valence-electron chi connectivity index (χ0n) is 17.1. The van der Waals surface area contributed by atoms with Gasteiger partial charge in [0, 0.05) is 19.6 Å². The molecule has 0 radical (unpaired) electrons. The summed E-state index contributed by atoms with van der Waals surface area (Å²) >= 11 is 11.0. The van der Waals surface area contributed by atoms with Gasteiger partial charge in [-0.05, 0) is 51.1 Å². The zero-order chi connectivity index (χ0) is 20.2. The third kappa shape index (κ3) is 4.22. The Kier molecular flexibility index (Phi) is 7.44. The third-order valence-corrected chi connectivity index (χ3v) is 6.72. The molecule has 2 rings (SSSR count). The summed E-state index contributed by atoms with van der Waals surface area (Å²) in [6, 6.07) is 0.0697. The number of carbonyl (C=O) groups is 1. The number of nitrogens with zero attached hydrogens (tertiary/aromatic N) is 2. The molecule has 0 aromatic carbocycles. The largest absolute Gasteiger partial charge is 0.376 e. The molecule has 0 aliphatic carbocycles. The van der Waals surface area contributed by atoms with Crippen LogP contribution in [0.5, 0.6) is 0 Å². The van der Waals surface area contributed by atoms with Gasteiger partial charge in [-0.3, -0.25) is 4.79 Å². The highest BCUT2D eigenvalue weighted by Gasteiger charge is 2.56. The fraction of sp³-hybridized carbons (Fsp3) is 0.842. The van der Waals surface area contributed by atoms with Gasteiger partial charge in [0.15, 0.2) is 10.2 Å². The van der Waals surface area contributed by atoms with Crippen LogP contribution in [0.25, 0.3) is 0 Å². The Labute approximate surface area is 174 Å². The van der Waals surface area contributed by atoms with E-state index >= 15 is 0 Å². The van der Waals surface area contributed by atoms with Crippen LogP contribution in [0.4, 0.5) is 0 Å². The second kappa shape index (κ2) is 9.01. The van der Waals surface area contributed by atoms with Gasteiger partial charge in [0.2, 0.25) is 0 Å². The van der Waals surface area contributed by atoms with E-state index in [9.17, 15) is 4.79 Å². The van der Waals surface area contributed by atoms with Crippen molar-refractivity contribution in [1.29, 1.82) is 0 Å². The third-order valence-electron chi connectivity index (χ3n) is 6.21. The number of nitrogens with one attached hydrogen (secondary N) is 2. The molecule has 27 heavy (non-hydrogen) atoms. The number of hydrogen-bond donors (Lipinski definition) is 3. The molecular weight excluding hydrogens is 378 g/mol. The molecule has 8 heteroatoms. The van der Waals surface area contributed by atoms with Crippen LogP contribution in [0.15, 0.2) is 0 Å². The van der Waals surface area contributed by atoms with Crippen molar-refractivity contribution in [1.82, 2.24) is 20.4 Å². The maximum absolute atomic E-state index is 12.6. The van der Waals surface area contributed by atoms with Crippen LogP contribution < -0.4 is 16.4 Å². The van der Waals surface area contributed by atoms with Crippen molar-refractivity contribution in [3.05, 3.63) is 0 Å². The minimum atomic E-state index is -0.697. The molecule has 0 saturated carbocycles. The number of rotatable bonds is 8. The standard InChI is InChI=1S/C19H35N5OS2/c1-5-7-8-9-10-19(6-2,14-13-21-11-12-23(14)16(20)26)24-17(27)22-15(25)18(24,3)4/h14,21H,5-13H2,1-4H3,(H2,20,26)(H,22,25,27). The Morgan fingerprint density at radius 2 is 2.04 bits per heavy atom. The van der Waals surface area contributed by atoms with Crippen LogP contribution in [0.3, 0.4) is 0 Å². The van der Waals surface area contributed by atoms with E-state index in [1.54, 1.807) is 0 Å². The summed E-state index contributed by atoms with van der Waals surface area (Å²) in [5.74, 6) is -0.0375. The fourth-order valence-corrected chi connectivity index (χ4v) is 5.45. The summed E-state index contributed by atoms with van der Waals surface area (Å²) in [6.45, 7) is 10.7. The molecule has 2 fully saturated rings. The first-order chi connectivity index (χ1) is 12.7. The van der Waals surface area contributed by atoms with E-state index in [4.69, 9.17) is 30.2 Å². The van der Waals surface area contributed by atoms with Crippen LogP contribution in [0, 0.1) is 0 Å². The lowest BCUT2D eigenvalue weighted by Gasteiger charge is -2.56. The van der Waals surface area contributed by atoms with Crippen molar-refractivity contribution >= 4 is 40.6 Å². The summed E-state index contributed by atoms with van der Waals surface area (Å²) in [4.78, 5) is 16.9. The van der Waals surface area contributed by atoms with Crippen LogP contribution in [0.2, 0.25) is 0 Å². The SMILES string of the molecule is CCCCCCC(CC)(C1CNCCN1C(N)=S)N1C(=S)NC(=O)C1(C)C. The number of carbonyl (C=O) groups excluding carboxylic acids is 1. The number of nitrogens with two attached hydrogens (primary N) is 1. The molecule has 2 aliphatic heterocycles. The summed E-state index contributed by atoms with van der Waals surface area (Å²) in [7, 11) is 0. The number of amides is 1. The highest BCUT2D eigenvalue weighted by atomic mass is 32.1. The molecular formula is C19H35N5OS2. The summed E-state index contributed by atoms with van der Waals surface area (Å²) in [6.07, 6.45) is 6.49. The van der Waals surface area contributed by atoms with Crippen molar-refractivity contribution in [3.8, 4) is 0 Å². The molecule has 0 aromatic rings. The second-order valence-corrected chi connectivity index (χ2v) is 8.98. The van der Waals surface area contributed by atoms with Crippen molar-refractivity contribution in [2.45, 2.75) is 83.3 Å². The van der Waals surface area contributed by atoms with Gasteiger partial charge in [0.25, 0.3) is 5.91 Å².